The molecule has 5 nitrogen and oxygen atoms in total. The monoisotopic (exact) mass is 413 g/mol. The lowest BCUT2D eigenvalue weighted by Crippen LogP contribution is -2.28. The summed E-state index contributed by atoms with van der Waals surface area (Å²) < 4.78 is 5.47. The van der Waals surface area contributed by atoms with Crippen molar-refractivity contribution in [2.45, 2.75) is 31.8 Å². The van der Waals surface area contributed by atoms with Crippen molar-refractivity contribution in [1.82, 2.24) is 15.3 Å². The van der Waals surface area contributed by atoms with Crippen LogP contribution in [0.1, 0.15) is 41.5 Å². The quantitative estimate of drug-likeness (QED) is 0.430. The number of benzene rings is 1. The van der Waals surface area contributed by atoms with Crippen molar-refractivity contribution in [3.05, 3.63) is 58.6 Å². The number of thioether (sulfide) groups is 1. The minimum atomic E-state index is -0.166. The Morgan fingerprint density at radius 3 is 2.61 bits per heavy atom. The first-order valence-corrected chi connectivity index (χ1v) is 11.1. The van der Waals surface area contributed by atoms with Gasteiger partial charge in [0.25, 0.3) is 5.91 Å². The molecule has 3 rings (SSSR count). The number of rotatable bonds is 7. The highest BCUT2D eigenvalue weighted by molar-refractivity contribution is 7.98. The standard InChI is InChI=1S/C21H23N3O2S2/c1-5-26-16-10-8-15(9-11-16)13(2)23-20(25)18-14(3)22-19(24-21(18)27-4)17-7-6-12-28-17/h6-13H,5H2,1-4H3,(H,23,25). The third-order valence-electron chi connectivity index (χ3n) is 4.26. The maximum absolute atomic E-state index is 13.0. The molecule has 28 heavy (non-hydrogen) atoms. The third kappa shape index (κ3) is 4.54. The summed E-state index contributed by atoms with van der Waals surface area (Å²) in [5.41, 5.74) is 2.22. The second-order valence-corrected chi connectivity index (χ2v) is 7.93. The average Bonchev–Trinajstić information content (AvgIpc) is 3.22. The largest absolute Gasteiger partial charge is 0.494 e. The SMILES string of the molecule is CCOc1ccc(C(C)NC(=O)c2c(C)nc(-c3cccs3)nc2SC)cc1. The lowest BCUT2D eigenvalue weighted by Gasteiger charge is -2.17. The first-order valence-electron chi connectivity index (χ1n) is 9.03. The van der Waals surface area contributed by atoms with Gasteiger partial charge in [0.2, 0.25) is 0 Å². The van der Waals surface area contributed by atoms with Crippen LogP contribution in [-0.2, 0) is 0 Å². The molecule has 0 fully saturated rings. The molecule has 1 N–H and O–H groups in total. The van der Waals surface area contributed by atoms with Gasteiger partial charge in [-0.25, -0.2) is 9.97 Å². The van der Waals surface area contributed by atoms with Crippen LogP contribution in [0.3, 0.4) is 0 Å². The number of aromatic nitrogens is 2. The van der Waals surface area contributed by atoms with E-state index in [1.165, 1.54) is 11.8 Å². The number of ether oxygens (including phenoxy) is 1. The molecule has 0 radical (unpaired) electrons. The van der Waals surface area contributed by atoms with Crippen LogP contribution in [0.2, 0.25) is 0 Å². The van der Waals surface area contributed by atoms with E-state index in [-0.39, 0.29) is 11.9 Å². The topological polar surface area (TPSA) is 64.1 Å². The van der Waals surface area contributed by atoms with E-state index in [9.17, 15) is 4.79 Å². The highest BCUT2D eigenvalue weighted by Crippen LogP contribution is 2.28. The molecule has 0 saturated carbocycles. The van der Waals surface area contributed by atoms with Crippen molar-refractivity contribution in [2.75, 3.05) is 12.9 Å². The number of carbonyl (C=O) groups is 1. The predicted octanol–water partition coefficient (Wildman–Crippen LogP) is 5.13. The normalized spacial score (nSPS) is 11.9. The van der Waals surface area contributed by atoms with Crippen molar-refractivity contribution in [1.29, 1.82) is 0 Å². The van der Waals surface area contributed by atoms with Gasteiger partial charge in [0.15, 0.2) is 5.82 Å². The second kappa shape index (κ2) is 9.21. The number of amides is 1. The van der Waals surface area contributed by atoms with Crippen LogP contribution in [-0.4, -0.2) is 28.7 Å². The minimum Gasteiger partial charge on any atom is -0.494 e. The Morgan fingerprint density at radius 1 is 1.25 bits per heavy atom. The number of carbonyl (C=O) groups excluding carboxylic acids is 1. The van der Waals surface area contributed by atoms with E-state index in [0.29, 0.717) is 28.7 Å². The lowest BCUT2D eigenvalue weighted by atomic mass is 10.1. The molecule has 1 aromatic carbocycles. The molecular weight excluding hydrogens is 390 g/mol. The summed E-state index contributed by atoms with van der Waals surface area (Å²) in [6.07, 6.45) is 1.92. The number of thiophene rings is 1. The molecule has 146 valence electrons. The average molecular weight is 414 g/mol. The highest BCUT2D eigenvalue weighted by Gasteiger charge is 2.21. The zero-order valence-corrected chi connectivity index (χ0v) is 18.0. The fourth-order valence-corrected chi connectivity index (χ4v) is 4.12. The fourth-order valence-electron chi connectivity index (χ4n) is 2.84. The highest BCUT2D eigenvalue weighted by atomic mass is 32.2. The number of aryl methyl sites for hydroxylation is 1. The smallest absolute Gasteiger partial charge is 0.256 e. The molecule has 2 aromatic heterocycles. The predicted molar refractivity (Wildman–Crippen MR) is 115 cm³/mol. The van der Waals surface area contributed by atoms with Crippen LogP contribution < -0.4 is 10.1 Å². The summed E-state index contributed by atoms with van der Waals surface area (Å²) in [4.78, 5) is 23.1. The van der Waals surface area contributed by atoms with E-state index in [1.807, 2.05) is 68.8 Å². The van der Waals surface area contributed by atoms with Gasteiger partial charge in [-0.1, -0.05) is 18.2 Å². The Labute approximate surface area is 173 Å². The molecule has 1 atom stereocenters. The lowest BCUT2D eigenvalue weighted by molar-refractivity contribution is 0.0935. The van der Waals surface area contributed by atoms with Gasteiger partial charge in [0, 0.05) is 0 Å². The van der Waals surface area contributed by atoms with Gasteiger partial charge < -0.3 is 10.1 Å². The van der Waals surface area contributed by atoms with Crippen LogP contribution in [0.25, 0.3) is 10.7 Å². The van der Waals surface area contributed by atoms with Gasteiger partial charge in [-0.15, -0.1) is 23.1 Å². The molecule has 1 amide bonds. The van der Waals surface area contributed by atoms with E-state index in [2.05, 4.69) is 15.3 Å². The molecule has 0 saturated heterocycles. The molecule has 0 aliphatic carbocycles. The van der Waals surface area contributed by atoms with Gasteiger partial charge in [-0.3, -0.25) is 4.79 Å². The first-order chi connectivity index (χ1) is 13.5. The van der Waals surface area contributed by atoms with Crippen molar-refractivity contribution in [3.63, 3.8) is 0 Å². The Hall–Kier alpha value is -2.38. The van der Waals surface area contributed by atoms with Crippen LogP contribution in [0.4, 0.5) is 0 Å². The van der Waals surface area contributed by atoms with Crippen molar-refractivity contribution in [3.8, 4) is 16.5 Å². The van der Waals surface area contributed by atoms with E-state index >= 15 is 0 Å². The Morgan fingerprint density at radius 2 is 2.00 bits per heavy atom. The Balaban J connectivity index is 1.81. The summed E-state index contributed by atoms with van der Waals surface area (Å²) in [5, 5.41) is 5.74. The zero-order valence-electron chi connectivity index (χ0n) is 16.4. The minimum absolute atomic E-state index is 0.144. The van der Waals surface area contributed by atoms with Gasteiger partial charge >= 0.3 is 0 Å². The molecule has 0 bridgehead atoms. The molecule has 3 aromatic rings. The van der Waals surface area contributed by atoms with Crippen LogP contribution >= 0.6 is 23.1 Å². The molecule has 2 heterocycles. The molecule has 0 aliphatic rings. The molecule has 1 unspecified atom stereocenters. The Kier molecular flexibility index (Phi) is 6.70. The maximum atomic E-state index is 13.0. The van der Waals surface area contributed by atoms with Crippen molar-refractivity contribution < 1.29 is 9.53 Å². The second-order valence-electron chi connectivity index (χ2n) is 6.19. The van der Waals surface area contributed by atoms with Crippen LogP contribution in [0.5, 0.6) is 5.75 Å². The van der Waals surface area contributed by atoms with Crippen molar-refractivity contribution >= 4 is 29.0 Å². The number of hydrogen-bond donors (Lipinski definition) is 1. The molecule has 0 aliphatic heterocycles. The summed E-state index contributed by atoms with van der Waals surface area (Å²) in [7, 11) is 0. The van der Waals surface area contributed by atoms with Gasteiger partial charge in [-0.05, 0) is 56.2 Å². The summed E-state index contributed by atoms with van der Waals surface area (Å²) in [5.74, 6) is 1.32. The molecule has 0 spiro atoms. The fraction of sp³-hybridized carbons (Fsp3) is 0.286. The van der Waals surface area contributed by atoms with Gasteiger partial charge in [0.1, 0.15) is 10.8 Å². The third-order valence-corrected chi connectivity index (χ3v) is 5.81. The number of nitrogens with one attached hydrogen (secondary N) is 1. The molecule has 7 heteroatoms. The van der Waals surface area contributed by atoms with E-state index in [0.717, 1.165) is 16.2 Å². The zero-order chi connectivity index (χ0) is 20.1. The van der Waals surface area contributed by atoms with Crippen LogP contribution in [0.15, 0.2) is 46.8 Å². The molecular formula is C21H23N3O2S2. The first kappa shape index (κ1) is 20.4. The summed E-state index contributed by atoms with van der Waals surface area (Å²) >= 11 is 3.04. The van der Waals surface area contributed by atoms with Gasteiger partial charge in [-0.2, -0.15) is 0 Å². The maximum Gasteiger partial charge on any atom is 0.256 e. The van der Waals surface area contributed by atoms with Crippen LogP contribution in [0, 0.1) is 6.92 Å². The van der Waals surface area contributed by atoms with Crippen molar-refractivity contribution in [2.24, 2.45) is 0 Å². The van der Waals surface area contributed by atoms with E-state index in [1.54, 1.807) is 11.3 Å². The summed E-state index contributed by atoms with van der Waals surface area (Å²) in [6, 6.07) is 11.6. The van der Waals surface area contributed by atoms with Gasteiger partial charge in [0.05, 0.1) is 28.8 Å². The number of nitrogens with zero attached hydrogens (tertiary/aromatic N) is 2. The summed E-state index contributed by atoms with van der Waals surface area (Å²) in [6.45, 7) is 6.40. The Bertz CT molecular complexity index is 941. The van der Waals surface area contributed by atoms with E-state index in [4.69, 9.17) is 4.74 Å². The van der Waals surface area contributed by atoms with E-state index < -0.39 is 0 Å². The number of hydrogen-bond acceptors (Lipinski definition) is 6.